The molecule has 0 unspecified atom stereocenters. The van der Waals surface area contributed by atoms with Crippen molar-refractivity contribution in [2.75, 3.05) is 11.9 Å². The van der Waals surface area contributed by atoms with Gasteiger partial charge in [-0.3, -0.25) is 4.79 Å². The molecule has 2 N–H and O–H groups in total. The van der Waals surface area contributed by atoms with Crippen molar-refractivity contribution < 1.29 is 18.5 Å². The van der Waals surface area contributed by atoms with Gasteiger partial charge >= 0.3 is 0 Å². The van der Waals surface area contributed by atoms with Gasteiger partial charge in [-0.2, -0.15) is 0 Å². The number of benzene rings is 1. The Labute approximate surface area is 154 Å². The van der Waals surface area contributed by atoms with Crippen molar-refractivity contribution in [2.45, 2.75) is 20.0 Å². The Morgan fingerprint density at radius 2 is 1.72 bits per heavy atom. The lowest BCUT2D eigenvalue weighted by molar-refractivity contribution is -0.921. The molecule has 0 spiro atoms. The van der Waals surface area contributed by atoms with Crippen LogP contribution < -0.4 is 10.2 Å². The van der Waals surface area contributed by atoms with Crippen molar-refractivity contribution in [3.8, 4) is 0 Å². The van der Waals surface area contributed by atoms with Crippen molar-refractivity contribution in [3.05, 3.63) is 76.5 Å². The summed E-state index contributed by atoms with van der Waals surface area (Å²) in [6.07, 6.45) is 3.29. The summed E-state index contributed by atoms with van der Waals surface area (Å²) in [5.74, 6) is 1.63. The van der Waals surface area contributed by atoms with Crippen LogP contribution in [0.5, 0.6) is 0 Å². The van der Waals surface area contributed by atoms with Gasteiger partial charge in [-0.15, -0.1) is 0 Å². The maximum absolute atomic E-state index is 12.5. The molecule has 130 valence electrons. The van der Waals surface area contributed by atoms with Crippen LogP contribution in [0.3, 0.4) is 0 Å². The molecule has 2 heterocycles. The Morgan fingerprint density at radius 3 is 2.24 bits per heavy atom. The van der Waals surface area contributed by atoms with Crippen molar-refractivity contribution in [2.24, 2.45) is 0 Å². The average molecular weight is 404 g/mol. The third-order valence-corrected chi connectivity index (χ3v) is 4.73. The minimum absolute atomic E-state index is 0.0520. The maximum Gasteiger partial charge on any atom is 0.279 e. The van der Waals surface area contributed by atoms with E-state index in [-0.39, 0.29) is 5.91 Å². The molecular formula is C19H20BrN2O3+. The molecule has 1 amide bonds. The van der Waals surface area contributed by atoms with Crippen LogP contribution in [0.1, 0.15) is 17.1 Å². The first-order chi connectivity index (χ1) is 12.1. The molecule has 0 bridgehead atoms. The molecule has 0 aliphatic heterocycles. The highest BCUT2D eigenvalue weighted by molar-refractivity contribution is 9.10. The Balaban J connectivity index is 1.65. The minimum Gasteiger partial charge on any atom is -0.463 e. The summed E-state index contributed by atoms with van der Waals surface area (Å²) in [6.45, 7) is 3.54. The molecule has 0 saturated heterocycles. The van der Waals surface area contributed by atoms with Crippen LogP contribution in [0.4, 0.5) is 5.69 Å². The van der Waals surface area contributed by atoms with Gasteiger partial charge in [0.05, 0.1) is 12.5 Å². The Kier molecular flexibility index (Phi) is 5.73. The number of quaternary nitrogens is 1. The third kappa shape index (κ3) is 5.08. The Hall–Kier alpha value is -2.31. The van der Waals surface area contributed by atoms with Gasteiger partial charge in [-0.25, -0.2) is 0 Å². The Morgan fingerprint density at radius 1 is 1.08 bits per heavy atom. The fraction of sp³-hybridized carbons (Fsp3) is 0.211. The van der Waals surface area contributed by atoms with E-state index in [0.29, 0.717) is 19.6 Å². The first kappa shape index (κ1) is 17.5. The number of aryl methyl sites for hydroxylation is 1. The highest BCUT2D eigenvalue weighted by atomic mass is 79.9. The number of amides is 1. The SMILES string of the molecule is Cc1ccc(NC(=O)C[NH+](Cc2ccco2)Cc2ccco2)cc1Br. The Bertz CT molecular complexity index is 777. The largest absolute Gasteiger partial charge is 0.463 e. The van der Waals surface area contributed by atoms with Crippen LogP contribution in [0.25, 0.3) is 0 Å². The lowest BCUT2D eigenvalue weighted by Gasteiger charge is -2.17. The molecule has 0 fully saturated rings. The van der Waals surface area contributed by atoms with Gasteiger partial charge in [0.25, 0.3) is 5.91 Å². The zero-order valence-electron chi connectivity index (χ0n) is 13.9. The van der Waals surface area contributed by atoms with Crippen LogP contribution in [-0.4, -0.2) is 12.5 Å². The van der Waals surface area contributed by atoms with Crippen LogP contribution in [0.2, 0.25) is 0 Å². The predicted octanol–water partition coefficient (Wildman–Crippen LogP) is 3.17. The fourth-order valence-corrected chi connectivity index (χ4v) is 2.99. The minimum atomic E-state index is -0.0520. The van der Waals surface area contributed by atoms with Gasteiger partial charge in [0.1, 0.15) is 13.1 Å². The zero-order valence-corrected chi connectivity index (χ0v) is 15.5. The predicted molar refractivity (Wildman–Crippen MR) is 98.2 cm³/mol. The molecule has 2 aromatic heterocycles. The highest BCUT2D eigenvalue weighted by Crippen LogP contribution is 2.20. The second-order valence-electron chi connectivity index (χ2n) is 5.95. The van der Waals surface area contributed by atoms with E-state index < -0.39 is 0 Å². The highest BCUT2D eigenvalue weighted by Gasteiger charge is 2.18. The van der Waals surface area contributed by atoms with Crippen molar-refractivity contribution in [1.82, 2.24) is 0 Å². The van der Waals surface area contributed by atoms with E-state index >= 15 is 0 Å². The van der Waals surface area contributed by atoms with Crippen molar-refractivity contribution in [3.63, 3.8) is 0 Å². The zero-order chi connectivity index (χ0) is 17.6. The van der Waals surface area contributed by atoms with Gasteiger partial charge in [0, 0.05) is 10.2 Å². The smallest absolute Gasteiger partial charge is 0.279 e. The number of halogens is 1. The number of furan rings is 2. The van der Waals surface area contributed by atoms with Gasteiger partial charge in [-0.1, -0.05) is 22.0 Å². The van der Waals surface area contributed by atoms with Crippen molar-refractivity contribution >= 4 is 27.5 Å². The van der Waals surface area contributed by atoms with Gasteiger partial charge in [-0.05, 0) is 48.9 Å². The molecular weight excluding hydrogens is 384 g/mol. The molecule has 0 saturated carbocycles. The quantitative estimate of drug-likeness (QED) is 0.636. The molecule has 0 atom stereocenters. The monoisotopic (exact) mass is 403 g/mol. The van der Waals surface area contributed by atoms with Crippen LogP contribution in [-0.2, 0) is 17.9 Å². The first-order valence-corrected chi connectivity index (χ1v) is 8.84. The lowest BCUT2D eigenvalue weighted by Crippen LogP contribution is -3.10. The lowest BCUT2D eigenvalue weighted by atomic mass is 10.2. The molecule has 5 nitrogen and oxygen atoms in total. The van der Waals surface area contributed by atoms with Gasteiger partial charge < -0.3 is 19.1 Å². The second-order valence-corrected chi connectivity index (χ2v) is 6.81. The summed E-state index contributed by atoms with van der Waals surface area (Å²) >= 11 is 3.49. The molecule has 0 aliphatic rings. The third-order valence-electron chi connectivity index (χ3n) is 3.87. The van der Waals surface area contributed by atoms with E-state index in [1.54, 1.807) is 12.5 Å². The van der Waals surface area contributed by atoms with E-state index in [0.717, 1.165) is 32.1 Å². The number of rotatable bonds is 7. The standard InChI is InChI=1S/C19H19BrN2O3/c1-14-6-7-15(10-18(14)20)21-19(23)13-22(11-16-4-2-8-24-16)12-17-5-3-9-25-17/h2-10H,11-13H2,1H3,(H,21,23)/p+1. The van der Waals surface area contributed by atoms with Crippen LogP contribution in [0, 0.1) is 6.92 Å². The maximum atomic E-state index is 12.5. The van der Waals surface area contributed by atoms with E-state index in [9.17, 15) is 4.79 Å². The van der Waals surface area contributed by atoms with Crippen LogP contribution >= 0.6 is 15.9 Å². The summed E-state index contributed by atoms with van der Waals surface area (Å²) < 4.78 is 11.8. The number of carbonyl (C=O) groups excluding carboxylic acids is 1. The number of hydrogen-bond acceptors (Lipinski definition) is 3. The van der Waals surface area contributed by atoms with E-state index in [1.807, 2.05) is 49.4 Å². The normalized spacial score (nSPS) is 11.0. The molecule has 0 aliphatic carbocycles. The molecule has 6 heteroatoms. The van der Waals surface area contributed by atoms with Gasteiger partial charge in [0.15, 0.2) is 18.1 Å². The summed E-state index contributed by atoms with van der Waals surface area (Å²) in [5, 5.41) is 2.95. The fourth-order valence-electron chi connectivity index (χ4n) is 2.61. The molecule has 3 rings (SSSR count). The summed E-state index contributed by atoms with van der Waals surface area (Å²) in [4.78, 5) is 13.5. The molecule has 0 radical (unpaired) electrons. The second kappa shape index (κ2) is 8.18. The summed E-state index contributed by atoms with van der Waals surface area (Å²) in [7, 11) is 0. The molecule has 3 aromatic rings. The number of nitrogens with one attached hydrogen (secondary N) is 2. The van der Waals surface area contributed by atoms with E-state index in [4.69, 9.17) is 8.83 Å². The summed E-state index contributed by atoms with van der Waals surface area (Å²) in [5.41, 5.74) is 1.90. The number of carbonyl (C=O) groups is 1. The van der Waals surface area contributed by atoms with Crippen LogP contribution in [0.15, 0.2) is 68.3 Å². The van der Waals surface area contributed by atoms with Crippen molar-refractivity contribution in [1.29, 1.82) is 0 Å². The van der Waals surface area contributed by atoms with E-state index in [2.05, 4.69) is 21.2 Å². The number of hydrogen-bond donors (Lipinski definition) is 2. The summed E-state index contributed by atoms with van der Waals surface area (Å²) in [6, 6.07) is 13.3. The number of anilines is 1. The van der Waals surface area contributed by atoms with E-state index in [1.165, 1.54) is 0 Å². The molecule has 25 heavy (non-hydrogen) atoms. The molecule has 1 aromatic carbocycles. The average Bonchev–Trinajstić information content (AvgIpc) is 3.25. The topological polar surface area (TPSA) is 59.8 Å². The first-order valence-electron chi connectivity index (χ1n) is 8.04. The van der Waals surface area contributed by atoms with Gasteiger partial charge in [0.2, 0.25) is 0 Å².